The lowest BCUT2D eigenvalue weighted by atomic mass is 10.1. The lowest BCUT2D eigenvalue weighted by Gasteiger charge is -2.17. The topological polar surface area (TPSA) is 65.2 Å². The molecule has 1 aromatic heterocycles. The molecule has 3 aromatic rings. The summed E-state index contributed by atoms with van der Waals surface area (Å²) in [6.07, 6.45) is 3.08. The second-order valence-corrected chi connectivity index (χ2v) is 8.16. The first-order valence-electron chi connectivity index (χ1n) is 10.1. The van der Waals surface area contributed by atoms with Crippen LogP contribution in [0.25, 0.3) is 10.9 Å². The van der Waals surface area contributed by atoms with Crippen LogP contribution in [0.15, 0.2) is 42.6 Å². The van der Waals surface area contributed by atoms with Crippen LogP contribution in [-0.2, 0) is 16.0 Å². The predicted octanol–water partition coefficient (Wildman–Crippen LogP) is 4.12. The summed E-state index contributed by atoms with van der Waals surface area (Å²) >= 11 is 0. The fourth-order valence-corrected chi connectivity index (χ4v) is 4.11. The Morgan fingerprint density at radius 3 is 2.69 bits per heavy atom. The van der Waals surface area contributed by atoms with Crippen LogP contribution < -0.4 is 5.32 Å². The van der Waals surface area contributed by atoms with E-state index in [4.69, 9.17) is 0 Å². The zero-order chi connectivity index (χ0) is 20.5. The summed E-state index contributed by atoms with van der Waals surface area (Å²) in [6, 6.07) is 12.3. The number of carbonyl (C=O) groups excluding carboxylic acids is 2. The van der Waals surface area contributed by atoms with Crippen LogP contribution in [0.1, 0.15) is 28.7 Å². The lowest BCUT2D eigenvalue weighted by molar-refractivity contribution is -0.128. The third-order valence-electron chi connectivity index (χ3n) is 5.80. The molecule has 1 fully saturated rings. The largest absolute Gasteiger partial charge is 0.361 e. The molecule has 1 aliphatic heterocycles. The molecule has 2 N–H and O–H groups in total. The Labute approximate surface area is 171 Å². The number of anilines is 1. The summed E-state index contributed by atoms with van der Waals surface area (Å²) in [4.78, 5) is 30.3. The molecular formula is C24H27N3O2. The van der Waals surface area contributed by atoms with Crippen molar-refractivity contribution in [3.8, 4) is 0 Å². The van der Waals surface area contributed by atoms with Gasteiger partial charge in [0.05, 0.1) is 5.92 Å². The summed E-state index contributed by atoms with van der Waals surface area (Å²) in [6.45, 7) is 7.21. The van der Waals surface area contributed by atoms with E-state index in [2.05, 4.69) is 35.4 Å². The third-order valence-corrected chi connectivity index (χ3v) is 5.80. The number of nitrogens with one attached hydrogen (secondary N) is 2. The van der Waals surface area contributed by atoms with Gasteiger partial charge in [0, 0.05) is 42.3 Å². The number of carbonyl (C=O) groups is 2. The Kier molecular flexibility index (Phi) is 5.14. The standard InChI is InChI=1S/C24H27N3O2/c1-15-4-6-21(17(3)10-15)26-24(29)19-12-23(28)27(14-19)9-8-18-13-25-22-7-5-16(2)11-20(18)22/h4-7,10-11,13,19,25H,8-9,12,14H2,1-3H3,(H,26,29)/t19-/m1/s1. The number of aromatic nitrogens is 1. The van der Waals surface area contributed by atoms with Gasteiger partial charge in [-0.15, -0.1) is 0 Å². The van der Waals surface area contributed by atoms with E-state index in [1.54, 1.807) is 0 Å². The minimum Gasteiger partial charge on any atom is -0.361 e. The second kappa shape index (κ2) is 7.74. The van der Waals surface area contributed by atoms with Crippen molar-refractivity contribution in [2.75, 3.05) is 18.4 Å². The molecule has 0 bridgehead atoms. The molecule has 4 rings (SSSR count). The number of H-pyrrole nitrogens is 1. The average molecular weight is 389 g/mol. The van der Waals surface area contributed by atoms with E-state index in [-0.39, 0.29) is 24.2 Å². The van der Waals surface area contributed by atoms with Crippen molar-refractivity contribution in [3.63, 3.8) is 0 Å². The number of likely N-dealkylation sites (tertiary alicyclic amines) is 1. The van der Waals surface area contributed by atoms with Crippen LogP contribution in [0.3, 0.4) is 0 Å². The monoisotopic (exact) mass is 389 g/mol. The molecule has 0 spiro atoms. The number of fused-ring (bicyclic) bond motifs is 1. The number of nitrogens with zero attached hydrogens (tertiary/aromatic N) is 1. The van der Waals surface area contributed by atoms with Crippen LogP contribution in [-0.4, -0.2) is 34.8 Å². The highest BCUT2D eigenvalue weighted by Crippen LogP contribution is 2.24. The SMILES string of the molecule is Cc1ccc(NC(=O)[C@@H]2CC(=O)N(CCc3c[nH]c4ccc(C)cc34)C2)c(C)c1. The highest BCUT2D eigenvalue weighted by atomic mass is 16.2. The highest BCUT2D eigenvalue weighted by molar-refractivity contribution is 5.97. The lowest BCUT2D eigenvalue weighted by Crippen LogP contribution is -2.30. The minimum absolute atomic E-state index is 0.0572. The zero-order valence-electron chi connectivity index (χ0n) is 17.2. The molecule has 5 nitrogen and oxygen atoms in total. The van der Waals surface area contributed by atoms with Gasteiger partial charge in [-0.3, -0.25) is 9.59 Å². The number of aryl methyl sites for hydroxylation is 3. The molecule has 2 amide bonds. The molecule has 1 saturated heterocycles. The summed E-state index contributed by atoms with van der Waals surface area (Å²) in [7, 11) is 0. The quantitative estimate of drug-likeness (QED) is 0.689. The molecule has 2 heterocycles. The predicted molar refractivity (Wildman–Crippen MR) is 116 cm³/mol. The van der Waals surface area contributed by atoms with Gasteiger partial charge in [-0.2, -0.15) is 0 Å². The van der Waals surface area contributed by atoms with Gasteiger partial charge >= 0.3 is 0 Å². The van der Waals surface area contributed by atoms with Crippen molar-refractivity contribution in [2.45, 2.75) is 33.6 Å². The molecule has 0 unspecified atom stereocenters. The van der Waals surface area contributed by atoms with Gasteiger partial charge in [0.15, 0.2) is 0 Å². The first-order chi connectivity index (χ1) is 13.9. The van der Waals surface area contributed by atoms with E-state index in [0.717, 1.165) is 28.8 Å². The van der Waals surface area contributed by atoms with Crippen molar-refractivity contribution < 1.29 is 9.59 Å². The zero-order valence-corrected chi connectivity index (χ0v) is 17.2. The number of aromatic amines is 1. The molecule has 0 radical (unpaired) electrons. The van der Waals surface area contributed by atoms with Gasteiger partial charge in [0.2, 0.25) is 11.8 Å². The fourth-order valence-electron chi connectivity index (χ4n) is 4.11. The molecular weight excluding hydrogens is 362 g/mol. The van der Waals surface area contributed by atoms with Gasteiger partial charge in [0.25, 0.3) is 0 Å². The van der Waals surface area contributed by atoms with Crippen molar-refractivity contribution in [3.05, 3.63) is 64.8 Å². The van der Waals surface area contributed by atoms with Crippen LogP contribution in [0.2, 0.25) is 0 Å². The minimum atomic E-state index is -0.298. The second-order valence-electron chi connectivity index (χ2n) is 8.16. The van der Waals surface area contributed by atoms with Gasteiger partial charge in [-0.05, 0) is 56.5 Å². The molecule has 5 heteroatoms. The Bertz CT molecular complexity index is 1080. The summed E-state index contributed by atoms with van der Waals surface area (Å²) < 4.78 is 0. The van der Waals surface area contributed by atoms with E-state index in [9.17, 15) is 9.59 Å². The Morgan fingerprint density at radius 1 is 1.14 bits per heavy atom. The normalized spacial score (nSPS) is 16.6. The van der Waals surface area contributed by atoms with E-state index >= 15 is 0 Å². The fraction of sp³-hybridized carbons (Fsp3) is 0.333. The average Bonchev–Trinajstić information content (AvgIpc) is 3.25. The van der Waals surface area contributed by atoms with Crippen LogP contribution >= 0.6 is 0 Å². The van der Waals surface area contributed by atoms with Crippen molar-refractivity contribution in [1.82, 2.24) is 9.88 Å². The molecule has 1 aliphatic rings. The molecule has 2 aromatic carbocycles. The van der Waals surface area contributed by atoms with Gasteiger partial charge < -0.3 is 15.2 Å². The summed E-state index contributed by atoms with van der Waals surface area (Å²) in [5.41, 5.74) is 6.56. The van der Waals surface area contributed by atoms with Crippen molar-refractivity contribution in [1.29, 1.82) is 0 Å². The highest BCUT2D eigenvalue weighted by Gasteiger charge is 2.34. The molecule has 0 saturated carbocycles. The van der Waals surface area contributed by atoms with Gasteiger partial charge in [0.1, 0.15) is 0 Å². The Hall–Kier alpha value is -3.08. The smallest absolute Gasteiger partial charge is 0.229 e. The van der Waals surface area contributed by atoms with E-state index in [1.165, 1.54) is 16.5 Å². The number of hydrogen-bond donors (Lipinski definition) is 2. The summed E-state index contributed by atoms with van der Waals surface area (Å²) in [5.74, 6) is -0.314. The maximum Gasteiger partial charge on any atom is 0.229 e. The summed E-state index contributed by atoms with van der Waals surface area (Å²) in [5, 5.41) is 4.21. The first kappa shape index (κ1) is 19.2. The van der Waals surface area contributed by atoms with E-state index in [0.29, 0.717) is 13.1 Å². The maximum absolute atomic E-state index is 12.7. The Balaban J connectivity index is 1.38. The van der Waals surface area contributed by atoms with E-state index < -0.39 is 0 Å². The molecule has 0 aliphatic carbocycles. The first-order valence-corrected chi connectivity index (χ1v) is 10.1. The van der Waals surface area contributed by atoms with Gasteiger partial charge in [-0.25, -0.2) is 0 Å². The van der Waals surface area contributed by atoms with Crippen LogP contribution in [0.4, 0.5) is 5.69 Å². The van der Waals surface area contributed by atoms with Crippen molar-refractivity contribution in [2.24, 2.45) is 5.92 Å². The van der Waals surface area contributed by atoms with Crippen LogP contribution in [0, 0.1) is 26.7 Å². The maximum atomic E-state index is 12.7. The van der Waals surface area contributed by atoms with Crippen LogP contribution in [0.5, 0.6) is 0 Å². The molecule has 29 heavy (non-hydrogen) atoms. The molecule has 1 atom stereocenters. The van der Waals surface area contributed by atoms with E-state index in [1.807, 2.05) is 43.1 Å². The van der Waals surface area contributed by atoms with Crippen molar-refractivity contribution >= 4 is 28.4 Å². The van der Waals surface area contributed by atoms with Gasteiger partial charge in [-0.1, -0.05) is 29.3 Å². The third kappa shape index (κ3) is 4.04. The number of amides is 2. The number of rotatable bonds is 5. The Morgan fingerprint density at radius 2 is 1.90 bits per heavy atom. The number of benzene rings is 2. The number of hydrogen-bond acceptors (Lipinski definition) is 2. The molecule has 150 valence electrons.